The van der Waals surface area contributed by atoms with Gasteiger partial charge in [-0.1, -0.05) is 0 Å². The maximum atomic E-state index is 9.95. The first-order valence-corrected chi connectivity index (χ1v) is 6.91. The molecule has 0 bridgehead atoms. The maximum Gasteiger partial charge on any atom is 0.138 e. The predicted molar refractivity (Wildman–Crippen MR) is 71.4 cm³/mol. The van der Waals surface area contributed by atoms with Crippen molar-refractivity contribution in [1.29, 1.82) is 0 Å². The predicted octanol–water partition coefficient (Wildman–Crippen LogP) is 1.30. The molecule has 0 spiro atoms. The molecule has 0 amide bonds. The van der Waals surface area contributed by atoms with Crippen molar-refractivity contribution < 1.29 is 10.2 Å². The highest BCUT2D eigenvalue weighted by Crippen LogP contribution is 2.15. The van der Waals surface area contributed by atoms with Crippen molar-refractivity contribution in [3.63, 3.8) is 0 Å². The van der Waals surface area contributed by atoms with Crippen molar-refractivity contribution in [1.82, 2.24) is 10.3 Å². The van der Waals surface area contributed by atoms with Crippen LogP contribution in [0.25, 0.3) is 0 Å². The van der Waals surface area contributed by atoms with Crippen molar-refractivity contribution in [2.24, 2.45) is 0 Å². The molecule has 17 heavy (non-hydrogen) atoms. The van der Waals surface area contributed by atoms with Gasteiger partial charge in [-0.15, -0.1) is 0 Å². The molecule has 0 radical (unpaired) electrons. The van der Waals surface area contributed by atoms with Crippen LogP contribution in [0.1, 0.15) is 18.3 Å². The molecule has 1 heterocycles. The van der Waals surface area contributed by atoms with Gasteiger partial charge in [0.15, 0.2) is 0 Å². The van der Waals surface area contributed by atoms with Crippen molar-refractivity contribution in [2.75, 3.05) is 18.6 Å². The molecule has 5 heteroatoms. The summed E-state index contributed by atoms with van der Waals surface area (Å²) in [6.07, 6.45) is 1.96. The molecule has 96 valence electrons. The summed E-state index contributed by atoms with van der Waals surface area (Å²) in [5.74, 6) is 0.861. The molecule has 0 aromatic carbocycles. The second-order valence-electron chi connectivity index (χ2n) is 4.45. The number of hydrogen-bond donors (Lipinski definition) is 3. The van der Waals surface area contributed by atoms with E-state index in [9.17, 15) is 10.2 Å². The number of hydrogen-bond acceptors (Lipinski definition) is 5. The zero-order chi connectivity index (χ0) is 12.9. The maximum absolute atomic E-state index is 9.95. The Morgan fingerprint density at radius 3 is 2.82 bits per heavy atom. The second-order valence-corrected chi connectivity index (χ2v) is 5.32. The number of pyridine rings is 1. The van der Waals surface area contributed by atoms with Gasteiger partial charge in [-0.05, 0) is 32.2 Å². The summed E-state index contributed by atoms with van der Waals surface area (Å²) in [5.41, 5.74) is 0.749. The van der Waals surface area contributed by atoms with Crippen LogP contribution in [0.5, 0.6) is 5.75 Å². The monoisotopic (exact) mass is 256 g/mol. The van der Waals surface area contributed by atoms with E-state index in [1.807, 2.05) is 13.2 Å². The van der Waals surface area contributed by atoms with Crippen molar-refractivity contribution in [3.8, 4) is 5.75 Å². The smallest absolute Gasteiger partial charge is 0.138 e. The summed E-state index contributed by atoms with van der Waals surface area (Å²) in [7, 11) is 0. The summed E-state index contributed by atoms with van der Waals surface area (Å²) in [6, 6.07) is 3.40. The van der Waals surface area contributed by atoms with E-state index in [2.05, 4.69) is 10.3 Å². The van der Waals surface area contributed by atoms with E-state index in [-0.39, 0.29) is 5.75 Å². The Hall–Kier alpha value is -0.780. The van der Waals surface area contributed by atoms with Crippen LogP contribution in [0.3, 0.4) is 0 Å². The molecule has 4 nitrogen and oxygen atoms in total. The van der Waals surface area contributed by atoms with Crippen molar-refractivity contribution in [3.05, 3.63) is 23.5 Å². The molecule has 1 rings (SSSR count). The molecule has 1 aromatic heterocycles. The molecule has 1 aromatic rings. The Balaban J connectivity index is 2.48. The molecule has 3 N–H and O–H groups in total. The van der Waals surface area contributed by atoms with Gasteiger partial charge < -0.3 is 15.5 Å². The normalized spacial score (nSPS) is 14.6. The lowest BCUT2D eigenvalue weighted by Crippen LogP contribution is -2.39. The van der Waals surface area contributed by atoms with Crippen LogP contribution in [0.2, 0.25) is 0 Å². The molecule has 0 fully saturated rings. The average Bonchev–Trinajstić information content (AvgIpc) is 2.23. The van der Waals surface area contributed by atoms with E-state index in [0.29, 0.717) is 24.5 Å². The third kappa shape index (κ3) is 4.93. The van der Waals surface area contributed by atoms with Gasteiger partial charge in [-0.2, -0.15) is 11.8 Å². The van der Waals surface area contributed by atoms with E-state index in [0.717, 1.165) is 5.69 Å². The number of rotatable bonds is 6. The van der Waals surface area contributed by atoms with Crippen LogP contribution in [0, 0.1) is 6.92 Å². The van der Waals surface area contributed by atoms with Gasteiger partial charge in [0.2, 0.25) is 0 Å². The molecule has 0 saturated carbocycles. The lowest BCUT2D eigenvalue weighted by Gasteiger charge is -2.22. The molecular formula is C12H20N2O2S. The van der Waals surface area contributed by atoms with E-state index >= 15 is 0 Å². The largest absolute Gasteiger partial charge is 0.506 e. The first kappa shape index (κ1) is 14.3. The molecule has 1 atom stereocenters. The quantitative estimate of drug-likeness (QED) is 0.716. The molecule has 1 unspecified atom stereocenters. The third-order valence-corrected chi connectivity index (χ3v) is 3.25. The lowest BCUT2D eigenvalue weighted by atomic mass is 10.1. The van der Waals surface area contributed by atoms with Gasteiger partial charge in [-0.3, -0.25) is 4.98 Å². The van der Waals surface area contributed by atoms with Crippen LogP contribution >= 0.6 is 11.8 Å². The van der Waals surface area contributed by atoms with Crippen LogP contribution in [0.4, 0.5) is 0 Å². The number of nitrogens with zero attached hydrogens (tertiary/aromatic N) is 1. The molecule has 0 aliphatic carbocycles. The lowest BCUT2D eigenvalue weighted by molar-refractivity contribution is 0.0844. The van der Waals surface area contributed by atoms with Gasteiger partial charge in [0.1, 0.15) is 5.75 Å². The number of aromatic nitrogens is 1. The minimum atomic E-state index is -0.737. The van der Waals surface area contributed by atoms with E-state index in [4.69, 9.17) is 0 Å². The summed E-state index contributed by atoms with van der Waals surface area (Å²) < 4.78 is 0. The van der Waals surface area contributed by atoms with Gasteiger partial charge in [0.25, 0.3) is 0 Å². The summed E-state index contributed by atoms with van der Waals surface area (Å²) in [4.78, 5) is 4.24. The molecule has 0 aliphatic rings. The molecular weight excluding hydrogens is 236 g/mol. The molecule has 0 saturated heterocycles. The topological polar surface area (TPSA) is 65.4 Å². The Morgan fingerprint density at radius 2 is 2.18 bits per heavy atom. The van der Waals surface area contributed by atoms with E-state index in [1.54, 1.807) is 30.8 Å². The standard InChI is InChI=1S/C12H20N2O2S/c1-9-4-5-11(15)10(14-9)6-13-7-12(2,16)8-17-3/h4-5,13,15-16H,6-8H2,1-3H3. The fraction of sp³-hybridized carbons (Fsp3) is 0.583. The highest BCUT2D eigenvalue weighted by molar-refractivity contribution is 7.98. The minimum absolute atomic E-state index is 0.188. The number of thioether (sulfide) groups is 1. The number of aryl methyl sites for hydroxylation is 1. The average molecular weight is 256 g/mol. The Bertz CT molecular complexity index is 370. The van der Waals surface area contributed by atoms with Crippen LogP contribution in [-0.2, 0) is 6.54 Å². The van der Waals surface area contributed by atoms with Gasteiger partial charge >= 0.3 is 0 Å². The van der Waals surface area contributed by atoms with Gasteiger partial charge in [0, 0.05) is 24.5 Å². The number of aliphatic hydroxyl groups is 1. The van der Waals surface area contributed by atoms with Crippen molar-refractivity contribution in [2.45, 2.75) is 26.0 Å². The van der Waals surface area contributed by atoms with Gasteiger partial charge in [-0.25, -0.2) is 0 Å². The molecule has 0 aliphatic heterocycles. The third-order valence-electron chi connectivity index (χ3n) is 2.34. The van der Waals surface area contributed by atoms with Gasteiger partial charge in [0.05, 0.1) is 11.3 Å². The van der Waals surface area contributed by atoms with Crippen LogP contribution in [-0.4, -0.2) is 39.4 Å². The second kappa shape index (κ2) is 6.23. The Morgan fingerprint density at radius 1 is 1.47 bits per heavy atom. The first-order valence-electron chi connectivity index (χ1n) is 5.52. The fourth-order valence-corrected chi connectivity index (χ4v) is 2.27. The minimum Gasteiger partial charge on any atom is -0.506 e. The van der Waals surface area contributed by atoms with E-state index in [1.165, 1.54) is 0 Å². The highest BCUT2D eigenvalue weighted by Gasteiger charge is 2.18. The highest BCUT2D eigenvalue weighted by atomic mass is 32.2. The summed E-state index contributed by atoms with van der Waals surface area (Å²) >= 11 is 1.61. The Kier molecular flexibility index (Phi) is 5.24. The van der Waals surface area contributed by atoms with Crippen molar-refractivity contribution >= 4 is 11.8 Å². The summed E-state index contributed by atoms with van der Waals surface area (Å²) in [6.45, 7) is 4.60. The number of nitrogens with one attached hydrogen (secondary N) is 1. The first-order chi connectivity index (χ1) is 7.94. The Labute approximate surface area is 106 Å². The van der Waals surface area contributed by atoms with E-state index < -0.39 is 5.60 Å². The zero-order valence-corrected chi connectivity index (χ0v) is 11.3. The van der Waals surface area contributed by atoms with Crippen LogP contribution in [0.15, 0.2) is 12.1 Å². The summed E-state index contributed by atoms with van der Waals surface area (Å²) in [5, 5.41) is 22.7. The number of aromatic hydroxyl groups is 1. The van der Waals surface area contributed by atoms with Crippen LogP contribution < -0.4 is 5.32 Å². The SMILES string of the molecule is CSCC(C)(O)CNCc1nc(C)ccc1O. The fourth-order valence-electron chi connectivity index (χ4n) is 1.55. The zero-order valence-electron chi connectivity index (χ0n) is 10.5.